The second kappa shape index (κ2) is 6.80. The average molecular weight is 238 g/mol. The quantitative estimate of drug-likeness (QED) is 0.791. The number of rotatable bonds is 7. The number of hydrogen-bond donors (Lipinski definition) is 1. The van der Waals surface area contributed by atoms with Crippen molar-refractivity contribution in [1.82, 2.24) is 9.78 Å². The van der Waals surface area contributed by atoms with Crippen LogP contribution in [0.15, 0.2) is 6.20 Å². The number of hydrogen-bond acceptors (Lipinski definition) is 2. The number of aliphatic hydroxyl groups is 1. The van der Waals surface area contributed by atoms with Gasteiger partial charge in [0.15, 0.2) is 0 Å². The highest BCUT2D eigenvalue weighted by Gasteiger charge is 2.17. The van der Waals surface area contributed by atoms with Gasteiger partial charge in [-0.3, -0.25) is 4.68 Å². The summed E-state index contributed by atoms with van der Waals surface area (Å²) in [6.45, 7) is 6.39. The van der Waals surface area contributed by atoms with Crippen LogP contribution >= 0.6 is 0 Å². The molecule has 0 aromatic carbocycles. The van der Waals surface area contributed by atoms with E-state index < -0.39 is 0 Å². The first-order valence-electron chi connectivity index (χ1n) is 6.76. The second-order valence-corrected chi connectivity index (χ2v) is 5.01. The first-order chi connectivity index (χ1) is 8.08. The molecule has 0 bridgehead atoms. The third-order valence-electron chi connectivity index (χ3n) is 3.51. The Kier molecular flexibility index (Phi) is 5.69. The molecule has 3 heteroatoms. The average Bonchev–Trinajstić information content (AvgIpc) is 2.63. The van der Waals surface area contributed by atoms with E-state index >= 15 is 0 Å². The predicted molar refractivity (Wildman–Crippen MR) is 70.8 cm³/mol. The van der Waals surface area contributed by atoms with Crippen molar-refractivity contribution < 1.29 is 5.11 Å². The summed E-state index contributed by atoms with van der Waals surface area (Å²) in [5.41, 5.74) is 1.94. The van der Waals surface area contributed by atoms with E-state index in [4.69, 9.17) is 0 Å². The van der Waals surface area contributed by atoms with Crippen LogP contribution in [0.5, 0.6) is 0 Å². The van der Waals surface area contributed by atoms with Crippen LogP contribution < -0.4 is 0 Å². The maximum atomic E-state index is 10.3. The van der Waals surface area contributed by atoms with Crippen molar-refractivity contribution >= 4 is 0 Å². The summed E-state index contributed by atoms with van der Waals surface area (Å²) < 4.78 is 1.78. The molecular weight excluding hydrogens is 212 g/mol. The van der Waals surface area contributed by atoms with Crippen molar-refractivity contribution in [2.45, 2.75) is 59.0 Å². The normalized spacial score (nSPS) is 14.9. The Balaban J connectivity index is 2.57. The van der Waals surface area contributed by atoms with Crippen molar-refractivity contribution in [3.63, 3.8) is 0 Å². The lowest BCUT2D eigenvalue weighted by Crippen LogP contribution is -2.07. The van der Waals surface area contributed by atoms with Crippen LogP contribution in [-0.4, -0.2) is 14.9 Å². The van der Waals surface area contributed by atoms with Crippen LogP contribution in [0.1, 0.15) is 63.3 Å². The zero-order valence-electron chi connectivity index (χ0n) is 11.6. The molecule has 0 aliphatic carbocycles. The molecule has 0 aliphatic heterocycles. The van der Waals surface area contributed by atoms with Crippen molar-refractivity contribution in [3.05, 3.63) is 17.5 Å². The van der Waals surface area contributed by atoms with Gasteiger partial charge in [-0.15, -0.1) is 0 Å². The lowest BCUT2D eigenvalue weighted by molar-refractivity contribution is 0.138. The van der Waals surface area contributed by atoms with Crippen LogP contribution in [0.25, 0.3) is 0 Å². The molecule has 2 atom stereocenters. The summed E-state index contributed by atoms with van der Waals surface area (Å²) in [6.07, 6.45) is 7.32. The lowest BCUT2D eigenvalue weighted by Gasteiger charge is -2.18. The van der Waals surface area contributed by atoms with Gasteiger partial charge in [0.25, 0.3) is 0 Å². The summed E-state index contributed by atoms with van der Waals surface area (Å²) in [4.78, 5) is 0. The van der Waals surface area contributed by atoms with Crippen LogP contribution in [0.4, 0.5) is 0 Å². The Labute approximate surface area is 105 Å². The lowest BCUT2D eigenvalue weighted by atomic mass is 9.91. The van der Waals surface area contributed by atoms with E-state index in [0.29, 0.717) is 5.92 Å². The molecule has 0 saturated heterocycles. The first-order valence-corrected chi connectivity index (χ1v) is 6.76. The molecule has 1 N–H and O–H groups in total. The number of unbranched alkanes of at least 4 members (excludes halogenated alkanes) is 1. The van der Waals surface area contributed by atoms with Crippen molar-refractivity contribution in [1.29, 1.82) is 0 Å². The molecule has 0 spiro atoms. The van der Waals surface area contributed by atoms with Gasteiger partial charge in [0.1, 0.15) is 0 Å². The SMILES string of the molecule is CCCCC(CC)CC(O)c1cn(C)nc1C. The summed E-state index contributed by atoms with van der Waals surface area (Å²) >= 11 is 0. The fourth-order valence-corrected chi connectivity index (χ4v) is 2.37. The molecular formula is C14H26N2O. The third-order valence-corrected chi connectivity index (χ3v) is 3.51. The minimum absolute atomic E-state index is 0.356. The number of nitrogens with zero attached hydrogens (tertiary/aromatic N) is 2. The predicted octanol–water partition coefficient (Wildman–Crippen LogP) is 3.37. The molecule has 2 unspecified atom stereocenters. The molecule has 3 nitrogen and oxygen atoms in total. The van der Waals surface area contributed by atoms with Crippen molar-refractivity contribution in [3.8, 4) is 0 Å². The molecule has 0 aliphatic rings. The summed E-state index contributed by atoms with van der Waals surface area (Å²) in [5.74, 6) is 0.629. The van der Waals surface area contributed by atoms with Crippen molar-refractivity contribution in [2.75, 3.05) is 0 Å². The Morgan fingerprint density at radius 2 is 2.12 bits per heavy atom. The Morgan fingerprint density at radius 1 is 1.41 bits per heavy atom. The van der Waals surface area contributed by atoms with E-state index in [1.807, 2.05) is 20.2 Å². The topological polar surface area (TPSA) is 38.0 Å². The molecule has 17 heavy (non-hydrogen) atoms. The fourth-order valence-electron chi connectivity index (χ4n) is 2.37. The maximum absolute atomic E-state index is 10.3. The number of aliphatic hydroxyl groups excluding tert-OH is 1. The van der Waals surface area contributed by atoms with Gasteiger partial charge in [-0.25, -0.2) is 0 Å². The van der Waals surface area contributed by atoms with E-state index in [1.54, 1.807) is 4.68 Å². The minimum atomic E-state index is -0.356. The fraction of sp³-hybridized carbons (Fsp3) is 0.786. The van der Waals surface area contributed by atoms with Gasteiger partial charge in [-0.1, -0.05) is 39.5 Å². The molecule has 0 amide bonds. The first kappa shape index (κ1) is 14.2. The molecule has 0 saturated carbocycles. The Bertz CT molecular complexity index is 333. The van der Waals surface area contributed by atoms with Gasteiger partial charge in [-0.05, 0) is 19.3 Å². The largest absolute Gasteiger partial charge is 0.388 e. The Morgan fingerprint density at radius 3 is 2.59 bits per heavy atom. The van der Waals surface area contributed by atoms with E-state index in [1.165, 1.54) is 19.3 Å². The third kappa shape index (κ3) is 4.15. The molecule has 0 fully saturated rings. The molecule has 1 aromatic rings. The van der Waals surface area contributed by atoms with E-state index in [-0.39, 0.29) is 6.10 Å². The zero-order valence-corrected chi connectivity index (χ0v) is 11.6. The van der Waals surface area contributed by atoms with Gasteiger partial charge in [-0.2, -0.15) is 5.10 Å². The number of aromatic nitrogens is 2. The summed E-state index contributed by atoms with van der Waals surface area (Å²) in [7, 11) is 1.90. The molecule has 1 rings (SSSR count). The van der Waals surface area contributed by atoms with Crippen molar-refractivity contribution in [2.24, 2.45) is 13.0 Å². The summed E-state index contributed by atoms with van der Waals surface area (Å²) in [6, 6.07) is 0. The van der Waals surface area contributed by atoms with E-state index in [9.17, 15) is 5.11 Å². The molecule has 1 aromatic heterocycles. The molecule has 98 valence electrons. The van der Waals surface area contributed by atoms with E-state index in [2.05, 4.69) is 18.9 Å². The van der Waals surface area contributed by atoms with Gasteiger partial charge in [0.05, 0.1) is 11.8 Å². The summed E-state index contributed by atoms with van der Waals surface area (Å²) in [5, 5.41) is 14.5. The zero-order chi connectivity index (χ0) is 12.8. The second-order valence-electron chi connectivity index (χ2n) is 5.01. The van der Waals surface area contributed by atoms with Gasteiger partial charge in [0.2, 0.25) is 0 Å². The number of aryl methyl sites for hydroxylation is 2. The maximum Gasteiger partial charge on any atom is 0.0825 e. The van der Waals surface area contributed by atoms with Crippen LogP contribution in [-0.2, 0) is 7.05 Å². The monoisotopic (exact) mass is 238 g/mol. The molecule has 0 radical (unpaired) electrons. The highest BCUT2D eigenvalue weighted by atomic mass is 16.3. The van der Waals surface area contributed by atoms with Crippen LogP contribution in [0.2, 0.25) is 0 Å². The highest BCUT2D eigenvalue weighted by Crippen LogP contribution is 2.27. The van der Waals surface area contributed by atoms with Gasteiger partial charge in [0, 0.05) is 18.8 Å². The Hall–Kier alpha value is -0.830. The van der Waals surface area contributed by atoms with Gasteiger partial charge < -0.3 is 5.11 Å². The smallest absolute Gasteiger partial charge is 0.0825 e. The highest BCUT2D eigenvalue weighted by molar-refractivity contribution is 5.18. The van der Waals surface area contributed by atoms with Crippen LogP contribution in [0.3, 0.4) is 0 Å². The standard InChI is InChI=1S/C14H26N2O/c1-5-7-8-12(6-2)9-14(17)13-10-16(4)15-11(13)3/h10,12,14,17H,5-9H2,1-4H3. The molecule has 1 heterocycles. The van der Waals surface area contributed by atoms with Gasteiger partial charge >= 0.3 is 0 Å². The van der Waals surface area contributed by atoms with E-state index in [0.717, 1.165) is 24.1 Å². The minimum Gasteiger partial charge on any atom is -0.388 e. The van der Waals surface area contributed by atoms with Crippen LogP contribution in [0, 0.1) is 12.8 Å².